The van der Waals surface area contributed by atoms with Gasteiger partial charge >= 0.3 is 5.97 Å². The summed E-state index contributed by atoms with van der Waals surface area (Å²) in [5.74, 6) is -0.314. The number of carbonyl (C=O) groups excluding carboxylic acids is 1. The molecule has 1 aliphatic heterocycles. The van der Waals surface area contributed by atoms with Crippen molar-refractivity contribution in [2.45, 2.75) is 33.0 Å². The van der Waals surface area contributed by atoms with E-state index in [1.165, 1.54) is 18.4 Å². The summed E-state index contributed by atoms with van der Waals surface area (Å²) in [6, 6.07) is 0. The van der Waals surface area contributed by atoms with E-state index in [0.717, 1.165) is 23.9 Å². The molecule has 0 unspecified atom stereocenters. The van der Waals surface area contributed by atoms with Crippen molar-refractivity contribution in [1.82, 2.24) is 4.98 Å². The second-order valence-electron chi connectivity index (χ2n) is 4.56. The fourth-order valence-corrected chi connectivity index (χ4v) is 3.14. The third-order valence-corrected chi connectivity index (χ3v) is 4.04. The molecule has 1 saturated heterocycles. The van der Waals surface area contributed by atoms with Gasteiger partial charge in [-0.25, -0.2) is 9.78 Å². The van der Waals surface area contributed by atoms with Crippen molar-refractivity contribution in [3.8, 4) is 0 Å². The van der Waals surface area contributed by atoms with E-state index in [1.54, 1.807) is 0 Å². The summed E-state index contributed by atoms with van der Waals surface area (Å²) in [6.07, 6.45) is 0.360. The Labute approximate surface area is 111 Å². The Balaban J connectivity index is 2.21. The average Bonchev–Trinajstić information content (AvgIpc) is 2.69. The molecule has 0 N–H and O–H groups in total. The lowest BCUT2D eigenvalue weighted by atomic mass is 10.2. The number of hydrogen-bond donors (Lipinski definition) is 0. The van der Waals surface area contributed by atoms with Crippen molar-refractivity contribution in [3.05, 3.63) is 10.6 Å². The Bertz CT molecular complexity index is 437. The minimum atomic E-state index is -0.314. The molecule has 18 heavy (non-hydrogen) atoms. The maximum atomic E-state index is 11.6. The molecule has 5 nitrogen and oxygen atoms in total. The van der Waals surface area contributed by atoms with E-state index in [2.05, 4.69) is 9.88 Å². The molecule has 0 amide bonds. The van der Waals surface area contributed by atoms with Crippen LogP contribution in [0.3, 0.4) is 0 Å². The topological polar surface area (TPSA) is 51.7 Å². The Kier molecular flexibility index (Phi) is 3.87. The van der Waals surface area contributed by atoms with Gasteiger partial charge in [0.25, 0.3) is 0 Å². The third kappa shape index (κ3) is 2.64. The molecule has 0 spiro atoms. The first-order valence-electron chi connectivity index (χ1n) is 5.97. The number of esters is 1. The Morgan fingerprint density at radius 2 is 2.06 bits per heavy atom. The van der Waals surface area contributed by atoms with Crippen LogP contribution in [0.5, 0.6) is 0 Å². The van der Waals surface area contributed by atoms with Gasteiger partial charge in [-0.2, -0.15) is 0 Å². The van der Waals surface area contributed by atoms with Crippen LogP contribution < -0.4 is 4.90 Å². The number of anilines is 1. The number of hydrogen-bond acceptors (Lipinski definition) is 6. The van der Waals surface area contributed by atoms with Crippen LogP contribution in [0.25, 0.3) is 0 Å². The monoisotopic (exact) mass is 270 g/mol. The molecule has 0 aliphatic carbocycles. The zero-order chi connectivity index (χ0) is 13.3. The largest absolute Gasteiger partial charge is 0.465 e. The maximum Gasteiger partial charge on any atom is 0.350 e. The van der Waals surface area contributed by atoms with Crippen molar-refractivity contribution in [1.29, 1.82) is 0 Å². The first-order valence-corrected chi connectivity index (χ1v) is 6.79. The van der Waals surface area contributed by atoms with E-state index in [4.69, 9.17) is 9.47 Å². The lowest BCUT2D eigenvalue weighted by Gasteiger charge is -2.35. The molecular formula is C12H18N2O3S. The van der Waals surface area contributed by atoms with Crippen LogP contribution in [-0.4, -0.2) is 43.4 Å². The molecule has 2 rings (SSSR count). The summed E-state index contributed by atoms with van der Waals surface area (Å²) >= 11 is 1.39. The van der Waals surface area contributed by atoms with Gasteiger partial charge in [-0.05, 0) is 20.8 Å². The Hall–Kier alpha value is -1.14. The van der Waals surface area contributed by atoms with Crippen molar-refractivity contribution in [3.63, 3.8) is 0 Å². The van der Waals surface area contributed by atoms with E-state index in [-0.39, 0.29) is 18.2 Å². The number of thiazole rings is 1. The van der Waals surface area contributed by atoms with Gasteiger partial charge in [-0.1, -0.05) is 11.3 Å². The summed E-state index contributed by atoms with van der Waals surface area (Å²) in [4.78, 5) is 18.8. The third-order valence-electron chi connectivity index (χ3n) is 2.85. The van der Waals surface area contributed by atoms with Crippen LogP contribution >= 0.6 is 11.3 Å². The van der Waals surface area contributed by atoms with Crippen LogP contribution in [0.4, 0.5) is 5.13 Å². The molecule has 1 aromatic rings. The van der Waals surface area contributed by atoms with E-state index in [1.807, 2.05) is 20.8 Å². The van der Waals surface area contributed by atoms with Crippen LogP contribution in [0.2, 0.25) is 0 Å². The first kappa shape index (κ1) is 13.3. The molecule has 0 aromatic carbocycles. The van der Waals surface area contributed by atoms with E-state index in [0.29, 0.717) is 4.88 Å². The molecular weight excluding hydrogens is 252 g/mol. The predicted molar refractivity (Wildman–Crippen MR) is 70.4 cm³/mol. The van der Waals surface area contributed by atoms with Crippen LogP contribution in [0.1, 0.15) is 29.2 Å². The number of carbonyl (C=O) groups is 1. The van der Waals surface area contributed by atoms with Crippen LogP contribution in [0.15, 0.2) is 0 Å². The minimum Gasteiger partial charge on any atom is -0.465 e. The Morgan fingerprint density at radius 1 is 1.44 bits per heavy atom. The summed E-state index contributed by atoms with van der Waals surface area (Å²) < 4.78 is 10.4. The van der Waals surface area contributed by atoms with E-state index < -0.39 is 0 Å². The second-order valence-corrected chi connectivity index (χ2v) is 5.54. The molecule has 0 bridgehead atoms. The number of aromatic nitrogens is 1. The fraction of sp³-hybridized carbons (Fsp3) is 0.667. The van der Waals surface area contributed by atoms with Crippen molar-refractivity contribution < 1.29 is 14.3 Å². The Morgan fingerprint density at radius 3 is 2.61 bits per heavy atom. The summed E-state index contributed by atoms with van der Waals surface area (Å²) in [6.45, 7) is 7.53. The van der Waals surface area contributed by atoms with Gasteiger partial charge in [0.2, 0.25) is 0 Å². The second kappa shape index (κ2) is 5.24. The van der Waals surface area contributed by atoms with Gasteiger partial charge in [0.15, 0.2) is 5.13 Å². The molecule has 0 saturated carbocycles. The number of ether oxygens (including phenoxy) is 2. The maximum absolute atomic E-state index is 11.6. The van der Waals surface area contributed by atoms with Crippen molar-refractivity contribution in [2.24, 2.45) is 0 Å². The minimum absolute atomic E-state index is 0.180. The van der Waals surface area contributed by atoms with Gasteiger partial charge in [-0.15, -0.1) is 0 Å². The highest BCUT2D eigenvalue weighted by Gasteiger charge is 2.26. The summed E-state index contributed by atoms with van der Waals surface area (Å²) in [7, 11) is 1.39. The van der Waals surface area contributed by atoms with Gasteiger partial charge < -0.3 is 14.4 Å². The molecule has 1 fully saturated rings. The molecule has 0 radical (unpaired) electrons. The lowest BCUT2D eigenvalue weighted by molar-refractivity contribution is -0.00523. The first-order chi connectivity index (χ1) is 8.51. The molecule has 1 aliphatic rings. The normalized spacial score (nSPS) is 24.1. The summed E-state index contributed by atoms with van der Waals surface area (Å²) in [5.41, 5.74) is 0.730. The highest BCUT2D eigenvalue weighted by Crippen LogP contribution is 2.28. The molecule has 2 heterocycles. The standard InChI is InChI=1S/C12H18N2O3S/c1-7-5-14(6-8(2)17-7)12-13-9(3)10(18-12)11(15)16-4/h7-8H,5-6H2,1-4H3/t7-,8+. The van der Waals surface area contributed by atoms with Gasteiger partial charge in [0, 0.05) is 13.1 Å². The van der Waals surface area contributed by atoms with Gasteiger partial charge in [0.05, 0.1) is 25.0 Å². The zero-order valence-electron chi connectivity index (χ0n) is 11.1. The number of methoxy groups -OCH3 is 1. The quantitative estimate of drug-likeness (QED) is 0.768. The highest BCUT2D eigenvalue weighted by atomic mass is 32.1. The van der Waals surface area contributed by atoms with E-state index in [9.17, 15) is 4.79 Å². The smallest absolute Gasteiger partial charge is 0.350 e. The number of rotatable bonds is 2. The van der Waals surface area contributed by atoms with Gasteiger partial charge in [-0.3, -0.25) is 0 Å². The fourth-order valence-electron chi connectivity index (χ4n) is 2.13. The molecule has 6 heteroatoms. The molecule has 1 aromatic heterocycles. The average molecular weight is 270 g/mol. The number of morpholine rings is 1. The molecule has 100 valence electrons. The van der Waals surface area contributed by atoms with Crippen molar-refractivity contribution >= 4 is 22.4 Å². The highest BCUT2D eigenvalue weighted by molar-refractivity contribution is 7.17. The van der Waals surface area contributed by atoms with Crippen LogP contribution in [0, 0.1) is 6.92 Å². The summed E-state index contributed by atoms with van der Waals surface area (Å²) in [5, 5.41) is 0.870. The van der Waals surface area contributed by atoms with Gasteiger partial charge in [0.1, 0.15) is 4.88 Å². The lowest BCUT2D eigenvalue weighted by Crippen LogP contribution is -2.45. The molecule has 2 atom stereocenters. The SMILES string of the molecule is COC(=O)c1sc(N2C[C@@H](C)O[C@@H](C)C2)nc1C. The van der Waals surface area contributed by atoms with Crippen LogP contribution in [-0.2, 0) is 9.47 Å². The van der Waals surface area contributed by atoms with E-state index >= 15 is 0 Å². The zero-order valence-corrected chi connectivity index (χ0v) is 11.9. The van der Waals surface area contributed by atoms with Crippen molar-refractivity contribution in [2.75, 3.05) is 25.1 Å². The number of aryl methyl sites for hydroxylation is 1. The number of nitrogens with zero attached hydrogens (tertiary/aromatic N) is 2. The predicted octanol–water partition coefficient (Wildman–Crippen LogP) is 1.85.